The van der Waals surface area contributed by atoms with E-state index in [4.69, 9.17) is 37.9 Å². The summed E-state index contributed by atoms with van der Waals surface area (Å²) in [5, 5.41) is 4.29. The Morgan fingerprint density at radius 3 is 1.70 bits per heavy atom. The molecular weight excluding hydrogens is 874 g/mol. The number of hydrogen-bond donors (Lipinski definition) is 1. The van der Waals surface area contributed by atoms with Gasteiger partial charge in [-0.25, -0.2) is 9.59 Å². The lowest BCUT2D eigenvalue weighted by atomic mass is 9.87. The average molecular weight is 939 g/mol. The number of piperidine rings is 1. The van der Waals surface area contributed by atoms with Gasteiger partial charge in [0.2, 0.25) is 5.91 Å². The third kappa shape index (κ3) is 18.1. The van der Waals surface area contributed by atoms with Crippen LogP contribution in [0.2, 0.25) is 0 Å². The first-order chi connectivity index (χ1) is 32.2. The number of benzene rings is 4. The van der Waals surface area contributed by atoms with E-state index in [1.54, 1.807) is 33.8 Å². The van der Waals surface area contributed by atoms with E-state index < -0.39 is 29.4 Å². The molecule has 1 aliphatic heterocycles. The molecule has 0 aliphatic carbocycles. The van der Waals surface area contributed by atoms with Crippen molar-refractivity contribution >= 4 is 28.7 Å². The molecule has 5 rings (SSSR count). The molecule has 2 amide bonds. The minimum atomic E-state index is -4.42. The number of hydrogen-bond acceptors (Lipinski definition) is 11. The Hall–Kier alpha value is -5.10. The Bertz CT molecular complexity index is 2140. The summed E-state index contributed by atoms with van der Waals surface area (Å²) in [5.41, 5.74) is 3.44. The number of nitrogens with one attached hydrogen (secondary N) is 1. The molecule has 0 spiro atoms. The maximum Gasteiger partial charge on any atom is 0.416 e. The molecule has 4 aromatic carbocycles. The quantitative estimate of drug-likeness (QED) is 0.0477. The van der Waals surface area contributed by atoms with Gasteiger partial charge in [-0.1, -0.05) is 48.5 Å². The number of alkyl carbamates (subject to hydrolysis) is 1. The minimum absolute atomic E-state index is 0.0716. The normalized spacial score (nSPS) is 13.5. The third-order valence-electron chi connectivity index (χ3n) is 10.8. The van der Waals surface area contributed by atoms with Gasteiger partial charge in [0.05, 0.1) is 103 Å². The lowest BCUT2D eigenvalue weighted by Gasteiger charge is -2.32. The van der Waals surface area contributed by atoms with Crippen molar-refractivity contribution in [2.24, 2.45) is 0 Å². The maximum atomic E-state index is 13.2. The number of carbonyl (C=O) groups is 3. The molecule has 13 nitrogen and oxygen atoms in total. The molecule has 4 aromatic rings. The molecular formula is C51H65F3N2O11. The van der Waals surface area contributed by atoms with E-state index in [9.17, 15) is 27.6 Å². The fraction of sp³-hybridized carbons (Fsp3) is 0.510. The van der Waals surface area contributed by atoms with Crippen LogP contribution >= 0.6 is 0 Å². The molecule has 0 saturated carbocycles. The van der Waals surface area contributed by atoms with Gasteiger partial charge < -0.3 is 48.1 Å². The highest BCUT2D eigenvalue weighted by molar-refractivity contribution is 6.04. The van der Waals surface area contributed by atoms with Crippen LogP contribution in [0.5, 0.6) is 0 Å². The molecule has 0 aromatic heterocycles. The summed E-state index contributed by atoms with van der Waals surface area (Å²) in [4.78, 5) is 39.3. The fourth-order valence-corrected chi connectivity index (χ4v) is 7.43. The topological polar surface area (TPSA) is 140 Å². The summed E-state index contributed by atoms with van der Waals surface area (Å²) >= 11 is 0. The van der Waals surface area contributed by atoms with Gasteiger partial charge in [-0.15, -0.1) is 0 Å². The predicted molar refractivity (Wildman–Crippen MR) is 248 cm³/mol. The molecule has 1 heterocycles. The summed E-state index contributed by atoms with van der Waals surface area (Å²) in [6.45, 7) is 14.0. The number of fused-ring (bicyclic) bond motifs is 1. The standard InChI is InChI=1S/C51H65F3N2O11/c1-5-66-48(58)43-35-42-34-41(38-10-13-44(14-11-38)51(52,53)54)12-15-45(42)46(36-43)40-8-6-37(7-9-40)39-16-20-56(21-17-39)47(57)18-22-60-24-26-62-28-30-64-32-33-65-31-29-63-27-25-61-23-19-55-49(59)67-50(2,3)4/h6-15,34-36,39H,5,16-33H2,1-4H3,(H,55,59). The molecule has 366 valence electrons. The number of amides is 2. The van der Waals surface area contributed by atoms with Gasteiger partial charge in [-0.3, -0.25) is 4.79 Å². The van der Waals surface area contributed by atoms with Crippen LogP contribution < -0.4 is 5.32 Å². The van der Waals surface area contributed by atoms with Crippen LogP contribution in [-0.4, -0.2) is 134 Å². The van der Waals surface area contributed by atoms with Crippen LogP contribution in [0.25, 0.3) is 33.0 Å². The van der Waals surface area contributed by atoms with Crippen molar-refractivity contribution in [2.75, 3.05) is 106 Å². The Morgan fingerprint density at radius 1 is 0.642 bits per heavy atom. The molecule has 1 fully saturated rings. The van der Waals surface area contributed by atoms with E-state index >= 15 is 0 Å². The Morgan fingerprint density at radius 2 is 1.16 bits per heavy atom. The van der Waals surface area contributed by atoms with Crippen molar-refractivity contribution in [1.82, 2.24) is 10.2 Å². The van der Waals surface area contributed by atoms with E-state index in [2.05, 4.69) is 17.4 Å². The van der Waals surface area contributed by atoms with Crippen LogP contribution in [0.1, 0.15) is 74.4 Å². The van der Waals surface area contributed by atoms with Crippen molar-refractivity contribution in [3.63, 3.8) is 0 Å². The van der Waals surface area contributed by atoms with Crippen LogP contribution in [0.4, 0.5) is 18.0 Å². The van der Waals surface area contributed by atoms with Gasteiger partial charge >= 0.3 is 18.2 Å². The van der Waals surface area contributed by atoms with E-state index in [1.165, 1.54) is 17.7 Å². The summed E-state index contributed by atoms with van der Waals surface area (Å²) in [6, 6.07) is 22.6. The first-order valence-electron chi connectivity index (χ1n) is 23.0. The van der Waals surface area contributed by atoms with Gasteiger partial charge in [0, 0.05) is 19.6 Å². The number of rotatable bonds is 26. The van der Waals surface area contributed by atoms with Crippen LogP contribution in [0, 0.1) is 0 Å². The summed E-state index contributed by atoms with van der Waals surface area (Å²) < 4.78 is 83.1. The van der Waals surface area contributed by atoms with Crippen molar-refractivity contribution < 1.29 is 65.4 Å². The Balaban J connectivity index is 0.922. The molecule has 0 radical (unpaired) electrons. The van der Waals surface area contributed by atoms with Crippen molar-refractivity contribution in [3.8, 4) is 22.3 Å². The highest BCUT2D eigenvalue weighted by Gasteiger charge is 2.30. The molecule has 1 aliphatic rings. The van der Waals surface area contributed by atoms with E-state index in [1.807, 2.05) is 41.3 Å². The Kier molecular flexibility index (Phi) is 21.3. The summed E-state index contributed by atoms with van der Waals surface area (Å²) in [6.07, 6.45) is -2.91. The first-order valence-corrected chi connectivity index (χ1v) is 23.0. The zero-order valence-corrected chi connectivity index (χ0v) is 39.1. The number of esters is 1. The molecule has 0 bridgehead atoms. The van der Waals surface area contributed by atoms with Crippen LogP contribution in [0.3, 0.4) is 0 Å². The number of likely N-dealkylation sites (tertiary alicyclic amines) is 1. The highest BCUT2D eigenvalue weighted by atomic mass is 19.4. The number of halogens is 3. The van der Waals surface area contributed by atoms with E-state index in [-0.39, 0.29) is 12.5 Å². The molecule has 16 heteroatoms. The van der Waals surface area contributed by atoms with Gasteiger partial charge in [0.15, 0.2) is 0 Å². The summed E-state index contributed by atoms with van der Waals surface area (Å²) in [5.74, 6) is -0.0880. The van der Waals surface area contributed by atoms with Crippen molar-refractivity contribution in [2.45, 2.75) is 64.7 Å². The maximum absolute atomic E-state index is 13.2. The number of ether oxygens (including phenoxy) is 8. The van der Waals surface area contributed by atoms with Gasteiger partial charge in [-0.05, 0) is 115 Å². The lowest BCUT2D eigenvalue weighted by molar-refractivity contribution is -0.137. The van der Waals surface area contributed by atoms with Crippen molar-refractivity contribution in [3.05, 3.63) is 95.6 Å². The number of carbonyl (C=O) groups excluding carboxylic acids is 3. The number of alkyl halides is 3. The second-order valence-electron chi connectivity index (χ2n) is 16.9. The molecule has 67 heavy (non-hydrogen) atoms. The van der Waals surface area contributed by atoms with Gasteiger partial charge in [0.25, 0.3) is 0 Å². The second-order valence-corrected chi connectivity index (χ2v) is 16.9. The molecule has 0 unspecified atom stereocenters. The Labute approximate surface area is 391 Å². The van der Waals surface area contributed by atoms with Crippen LogP contribution in [-0.2, 0) is 48.9 Å². The second kappa shape index (κ2) is 27.0. The number of nitrogens with zero attached hydrogens (tertiary/aromatic N) is 1. The summed E-state index contributed by atoms with van der Waals surface area (Å²) in [7, 11) is 0. The van der Waals surface area contributed by atoms with E-state index in [0.29, 0.717) is 122 Å². The third-order valence-corrected chi connectivity index (χ3v) is 10.8. The zero-order valence-electron chi connectivity index (χ0n) is 39.1. The largest absolute Gasteiger partial charge is 0.462 e. The minimum Gasteiger partial charge on any atom is -0.462 e. The SMILES string of the molecule is CCOC(=O)c1cc(-c2ccc(C3CCN(C(=O)CCOCCOCCOCCOCCOCCOCCNC(=O)OC(C)(C)C)CC3)cc2)c2ccc(-c3ccc(C(F)(F)F)cc3)cc2c1. The fourth-order valence-electron chi connectivity index (χ4n) is 7.43. The lowest BCUT2D eigenvalue weighted by Crippen LogP contribution is -2.38. The van der Waals surface area contributed by atoms with Gasteiger partial charge in [0.1, 0.15) is 5.60 Å². The zero-order chi connectivity index (χ0) is 48.1. The molecule has 1 saturated heterocycles. The van der Waals surface area contributed by atoms with E-state index in [0.717, 1.165) is 52.4 Å². The first kappa shape index (κ1) is 52.9. The van der Waals surface area contributed by atoms with Crippen molar-refractivity contribution in [1.29, 1.82) is 0 Å². The highest BCUT2D eigenvalue weighted by Crippen LogP contribution is 2.37. The molecule has 0 atom stereocenters. The van der Waals surface area contributed by atoms with Gasteiger partial charge in [-0.2, -0.15) is 13.2 Å². The smallest absolute Gasteiger partial charge is 0.416 e. The predicted octanol–water partition coefficient (Wildman–Crippen LogP) is 9.09. The molecule has 1 N–H and O–H groups in total. The van der Waals surface area contributed by atoms with Crippen LogP contribution in [0.15, 0.2) is 78.9 Å². The average Bonchev–Trinajstić information content (AvgIpc) is 3.30. The monoisotopic (exact) mass is 938 g/mol.